The largest absolute Gasteiger partial charge is 0.334 e. The first-order chi connectivity index (χ1) is 26.4. The second-order valence-corrected chi connectivity index (χ2v) is 15.9. The second kappa shape index (κ2) is 12.8. The van der Waals surface area contributed by atoms with Crippen LogP contribution in [0.3, 0.4) is 0 Å². The van der Waals surface area contributed by atoms with Crippen molar-refractivity contribution in [1.29, 1.82) is 0 Å². The fourth-order valence-electron chi connectivity index (χ4n) is 9.48. The molecule has 1 heterocycles. The highest BCUT2D eigenvalue weighted by atomic mass is 15.2. The smallest absolute Gasteiger partial charge is 0.0541 e. The lowest BCUT2D eigenvalue weighted by Crippen LogP contribution is -2.33. The van der Waals surface area contributed by atoms with E-state index in [0.29, 0.717) is 5.92 Å². The fourth-order valence-corrected chi connectivity index (χ4v) is 9.48. The van der Waals surface area contributed by atoms with Gasteiger partial charge in [-0.05, 0) is 118 Å². The summed E-state index contributed by atoms with van der Waals surface area (Å²) in [5, 5.41) is 2.55. The molecule has 2 aliphatic rings. The Kier molecular flexibility index (Phi) is 7.70. The molecule has 0 fully saturated rings. The molecule has 0 bridgehead atoms. The molecule has 0 aliphatic heterocycles. The first kappa shape index (κ1) is 32.5. The van der Waals surface area contributed by atoms with Crippen LogP contribution in [0.15, 0.2) is 176 Å². The van der Waals surface area contributed by atoms with Crippen LogP contribution in [-0.4, -0.2) is 10.6 Å². The molecule has 2 unspecified atom stereocenters. The predicted molar refractivity (Wildman–Crippen MR) is 229 cm³/mol. The summed E-state index contributed by atoms with van der Waals surface area (Å²) in [5.41, 5.74) is 16.8. The molecule has 2 heteroatoms. The van der Waals surface area contributed by atoms with Gasteiger partial charge in [-0.1, -0.05) is 142 Å². The maximum absolute atomic E-state index is 2.61. The Hall–Kier alpha value is -6.12. The Morgan fingerprint density at radius 1 is 0.537 bits per heavy atom. The van der Waals surface area contributed by atoms with Crippen LogP contribution < -0.4 is 4.90 Å². The molecule has 2 nitrogen and oxygen atoms in total. The van der Waals surface area contributed by atoms with Crippen LogP contribution in [0.1, 0.15) is 50.3 Å². The zero-order valence-electron chi connectivity index (χ0n) is 31.2. The zero-order valence-corrected chi connectivity index (χ0v) is 31.2. The van der Waals surface area contributed by atoms with E-state index in [1.165, 1.54) is 83.4 Å². The molecule has 0 radical (unpaired) electrons. The highest BCUT2D eigenvalue weighted by Crippen LogP contribution is 2.50. The molecule has 0 saturated heterocycles. The lowest BCUT2D eigenvalue weighted by Gasteiger charge is -2.38. The summed E-state index contributed by atoms with van der Waals surface area (Å²) in [7, 11) is 0. The Morgan fingerprint density at radius 3 is 2.00 bits per heavy atom. The number of hydrogen-bond donors (Lipinski definition) is 0. The average Bonchev–Trinajstić information content (AvgIpc) is 3.66. The molecule has 8 aromatic rings. The minimum Gasteiger partial charge on any atom is -0.334 e. The maximum atomic E-state index is 2.61. The molecular formula is C52H44N2. The predicted octanol–water partition coefficient (Wildman–Crippen LogP) is 13.8. The molecule has 0 amide bonds. The van der Waals surface area contributed by atoms with Crippen molar-refractivity contribution >= 4 is 38.8 Å². The molecule has 0 N–H and O–H groups in total. The van der Waals surface area contributed by atoms with Crippen LogP contribution in [0.5, 0.6) is 0 Å². The van der Waals surface area contributed by atoms with Gasteiger partial charge in [-0.15, -0.1) is 0 Å². The monoisotopic (exact) mass is 696 g/mol. The Morgan fingerprint density at radius 2 is 1.19 bits per heavy atom. The molecule has 54 heavy (non-hydrogen) atoms. The summed E-state index contributed by atoms with van der Waals surface area (Å²) in [6.45, 7) is 7.17. The Balaban J connectivity index is 1.08. The van der Waals surface area contributed by atoms with Crippen LogP contribution in [0, 0.1) is 5.92 Å². The van der Waals surface area contributed by atoms with Crippen molar-refractivity contribution in [2.75, 3.05) is 4.90 Å². The first-order valence-corrected chi connectivity index (χ1v) is 19.4. The van der Waals surface area contributed by atoms with Gasteiger partial charge in [-0.2, -0.15) is 0 Å². The van der Waals surface area contributed by atoms with Crippen molar-refractivity contribution in [3.05, 3.63) is 193 Å². The minimum atomic E-state index is -0.0648. The minimum absolute atomic E-state index is 0.0648. The Bertz CT molecular complexity index is 2700. The summed E-state index contributed by atoms with van der Waals surface area (Å²) >= 11 is 0. The van der Waals surface area contributed by atoms with Gasteiger partial charge in [-0.25, -0.2) is 0 Å². The summed E-state index contributed by atoms with van der Waals surface area (Å²) in [6, 6.07) is 63.1. The summed E-state index contributed by atoms with van der Waals surface area (Å²) in [6.07, 6.45) is 4.75. The average molecular weight is 697 g/mol. The van der Waals surface area contributed by atoms with E-state index in [4.69, 9.17) is 0 Å². The van der Waals surface area contributed by atoms with Crippen molar-refractivity contribution in [2.45, 2.75) is 45.1 Å². The summed E-state index contributed by atoms with van der Waals surface area (Å²) < 4.78 is 2.38. The van der Waals surface area contributed by atoms with E-state index in [1.807, 2.05) is 0 Å². The van der Waals surface area contributed by atoms with Gasteiger partial charge in [0, 0.05) is 33.2 Å². The molecule has 262 valence electrons. The van der Waals surface area contributed by atoms with E-state index in [-0.39, 0.29) is 11.5 Å². The third kappa shape index (κ3) is 5.31. The molecule has 10 rings (SSSR count). The van der Waals surface area contributed by atoms with Crippen molar-refractivity contribution in [2.24, 2.45) is 5.92 Å². The van der Waals surface area contributed by atoms with Crippen molar-refractivity contribution < 1.29 is 0 Å². The Labute approximate surface area is 318 Å². The number of aromatic nitrogens is 1. The van der Waals surface area contributed by atoms with E-state index in [0.717, 1.165) is 12.8 Å². The number of benzene rings is 7. The third-order valence-electron chi connectivity index (χ3n) is 12.1. The van der Waals surface area contributed by atoms with Crippen LogP contribution in [0.4, 0.5) is 11.4 Å². The van der Waals surface area contributed by atoms with E-state index in [1.54, 1.807) is 0 Å². The molecule has 0 spiro atoms. The van der Waals surface area contributed by atoms with Gasteiger partial charge in [-0.3, -0.25) is 0 Å². The molecular weight excluding hydrogens is 653 g/mol. The van der Waals surface area contributed by atoms with Crippen LogP contribution >= 0.6 is 0 Å². The van der Waals surface area contributed by atoms with Gasteiger partial charge in [0.2, 0.25) is 0 Å². The van der Waals surface area contributed by atoms with Gasteiger partial charge in [0.25, 0.3) is 0 Å². The van der Waals surface area contributed by atoms with Crippen molar-refractivity contribution in [1.82, 2.24) is 4.57 Å². The molecule has 1 aromatic heterocycles. The maximum Gasteiger partial charge on any atom is 0.0541 e. The molecule has 0 saturated carbocycles. The second-order valence-electron chi connectivity index (χ2n) is 15.9. The van der Waals surface area contributed by atoms with Crippen LogP contribution in [0.2, 0.25) is 0 Å². The number of nitrogens with zero attached hydrogens (tertiary/aromatic N) is 2. The number of hydrogen-bond acceptors (Lipinski definition) is 1. The SMILES string of the molecule is CC1CC(c2ccccc2)=CC(N(c2ccc(-c3ccc4c(c3)c3ccccc3n4-c3ccccc3)cc2)c2ccc3c(c2)C(C)(C)c2ccccc2-3)C1. The summed E-state index contributed by atoms with van der Waals surface area (Å²) in [5.74, 6) is 0.567. The topological polar surface area (TPSA) is 8.17 Å². The first-order valence-electron chi connectivity index (χ1n) is 19.4. The quantitative estimate of drug-likeness (QED) is 0.168. The highest BCUT2D eigenvalue weighted by molar-refractivity contribution is 6.10. The van der Waals surface area contributed by atoms with Gasteiger partial charge in [0.15, 0.2) is 0 Å². The normalized spacial score (nSPS) is 17.3. The van der Waals surface area contributed by atoms with Crippen LogP contribution in [-0.2, 0) is 5.41 Å². The molecule has 2 atom stereocenters. The number of anilines is 2. The van der Waals surface area contributed by atoms with Gasteiger partial charge >= 0.3 is 0 Å². The van der Waals surface area contributed by atoms with Gasteiger partial charge in [0.05, 0.1) is 17.1 Å². The zero-order chi connectivity index (χ0) is 36.4. The van der Waals surface area contributed by atoms with Gasteiger partial charge in [0.1, 0.15) is 0 Å². The van der Waals surface area contributed by atoms with E-state index < -0.39 is 0 Å². The van der Waals surface area contributed by atoms with Crippen LogP contribution in [0.25, 0.3) is 55.3 Å². The molecule has 7 aromatic carbocycles. The van der Waals surface area contributed by atoms with Crippen molar-refractivity contribution in [3.8, 4) is 27.9 Å². The van der Waals surface area contributed by atoms with Crippen molar-refractivity contribution in [3.63, 3.8) is 0 Å². The number of para-hydroxylation sites is 2. The lowest BCUT2D eigenvalue weighted by molar-refractivity contribution is 0.491. The fraction of sp³-hybridized carbons (Fsp3) is 0.154. The number of allylic oxidation sites excluding steroid dienone is 1. The van der Waals surface area contributed by atoms with E-state index in [9.17, 15) is 0 Å². The lowest BCUT2D eigenvalue weighted by atomic mass is 9.81. The molecule has 2 aliphatic carbocycles. The summed E-state index contributed by atoms with van der Waals surface area (Å²) in [4.78, 5) is 2.61. The standard InChI is InChI=1S/C52H44N2/c1-35-30-39(36-14-6-4-7-15-36)32-43(31-35)53(42-27-28-45-44-18-10-12-20-48(44)52(2,3)49(45)34-42)41-25-22-37(23-26-41)38-24-29-51-47(33-38)46-19-11-13-21-50(46)54(51)40-16-8-5-9-17-40/h4-29,32-35,43H,30-31H2,1-3H3. The van der Waals surface area contributed by atoms with E-state index >= 15 is 0 Å². The third-order valence-corrected chi connectivity index (χ3v) is 12.1. The van der Waals surface area contributed by atoms with Gasteiger partial charge < -0.3 is 9.47 Å². The highest BCUT2D eigenvalue weighted by Gasteiger charge is 2.36. The number of fused-ring (bicyclic) bond motifs is 6. The number of rotatable bonds is 6. The van der Waals surface area contributed by atoms with E-state index in [2.05, 4.69) is 206 Å².